The number of carbonyl (C=O) groups excluding carboxylic acids is 2. The van der Waals surface area contributed by atoms with Gasteiger partial charge in [-0.05, 0) is 37.6 Å². The van der Waals surface area contributed by atoms with Gasteiger partial charge in [-0.15, -0.1) is 0 Å². The van der Waals surface area contributed by atoms with Gasteiger partial charge in [0.2, 0.25) is 0 Å². The van der Waals surface area contributed by atoms with Gasteiger partial charge in [-0.2, -0.15) is 0 Å². The quantitative estimate of drug-likeness (QED) is 0.726. The molecular weight excluding hydrogens is 340 g/mol. The van der Waals surface area contributed by atoms with Gasteiger partial charge >= 0.3 is 0 Å². The standard InChI is InChI=1S/C18H19ClN4O2/c1-9-15(22-10(2)16(9)18(25)21-6-5-20)8-13-12-7-11(19)3-4-14(12)23-17(13)24/h3-4,7,22H,5-6,8,20H2,1-2H3,(H,21,25). The number of aromatic amines is 1. The molecule has 1 aromatic carbocycles. The third kappa shape index (κ3) is 3.23. The number of H-pyrrole nitrogens is 1. The van der Waals surface area contributed by atoms with Gasteiger partial charge < -0.3 is 16.0 Å². The lowest BCUT2D eigenvalue weighted by atomic mass is 10.0. The molecule has 0 fully saturated rings. The summed E-state index contributed by atoms with van der Waals surface area (Å²) in [6.45, 7) is 4.50. The predicted molar refractivity (Wildman–Crippen MR) is 96.0 cm³/mol. The fraction of sp³-hybridized carbons (Fsp3) is 0.278. The van der Waals surface area contributed by atoms with Crippen LogP contribution in [0.5, 0.6) is 0 Å². The number of amides is 2. The molecule has 1 aromatic heterocycles. The van der Waals surface area contributed by atoms with Gasteiger partial charge in [0.1, 0.15) is 0 Å². The SMILES string of the molecule is Cc1[nH]c(CC2=c3cc(Cl)ccc3=NC2=O)c(C)c1C(=O)NCCN. The van der Waals surface area contributed by atoms with E-state index >= 15 is 0 Å². The zero-order valence-electron chi connectivity index (χ0n) is 14.1. The lowest BCUT2D eigenvalue weighted by Gasteiger charge is -2.05. The summed E-state index contributed by atoms with van der Waals surface area (Å²) >= 11 is 6.05. The van der Waals surface area contributed by atoms with Crippen molar-refractivity contribution in [1.29, 1.82) is 0 Å². The monoisotopic (exact) mass is 358 g/mol. The summed E-state index contributed by atoms with van der Waals surface area (Å²) in [6.07, 6.45) is 0.368. The van der Waals surface area contributed by atoms with Gasteiger partial charge in [-0.3, -0.25) is 9.59 Å². The van der Waals surface area contributed by atoms with Crippen molar-refractivity contribution in [3.8, 4) is 0 Å². The smallest absolute Gasteiger partial charge is 0.274 e. The Bertz CT molecular complexity index is 991. The van der Waals surface area contributed by atoms with Crippen LogP contribution in [0.15, 0.2) is 23.2 Å². The number of halogens is 1. The zero-order chi connectivity index (χ0) is 18.1. The molecule has 130 valence electrons. The van der Waals surface area contributed by atoms with Crippen LogP contribution in [-0.2, 0) is 11.2 Å². The molecule has 0 saturated carbocycles. The van der Waals surface area contributed by atoms with Crippen molar-refractivity contribution in [2.24, 2.45) is 10.7 Å². The Morgan fingerprint density at radius 3 is 2.84 bits per heavy atom. The van der Waals surface area contributed by atoms with E-state index in [9.17, 15) is 9.59 Å². The number of fused-ring (bicyclic) bond motifs is 1. The third-order valence-electron chi connectivity index (χ3n) is 4.32. The molecule has 0 aliphatic carbocycles. The van der Waals surface area contributed by atoms with Crippen molar-refractivity contribution < 1.29 is 9.59 Å². The molecule has 0 bridgehead atoms. The molecule has 1 aliphatic rings. The van der Waals surface area contributed by atoms with E-state index in [4.69, 9.17) is 17.3 Å². The van der Waals surface area contributed by atoms with Crippen LogP contribution in [0.3, 0.4) is 0 Å². The molecule has 2 heterocycles. The van der Waals surface area contributed by atoms with Crippen molar-refractivity contribution in [3.05, 3.63) is 56.3 Å². The summed E-state index contributed by atoms with van der Waals surface area (Å²) in [5.41, 5.74) is 9.01. The highest BCUT2D eigenvalue weighted by molar-refractivity contribution is 6.30. The van der Waals surface area contributed by atoms with E-state index in [0.29, 0.717) is 41.0 Å². The van der Waals surface area contributed by atoms with Gasteiger partial charge in [-0.25, -0.2) is 4.99 Å². The van der Waals surface area contributed by atoms with E-state index in [0.717, 1.165) is 22.2 Å². The Hall–Kier alpha value is -2.44. The Labute approximate surface area is 149 Å². The van der Waals surface area contributed by atoms with Crippen LogP contribution in [-0.4, -0.2) is 29.9 Å². The number of benzene rings is 1. The fourth-order valence-corrected chi connectivity index (χ4v) is 3.27. The van der Waals surface area contributed by atoms with E-state index in [1.807, 2.05) is 13.8 Å². The number of rotatable bonds is 5. The van der Waals surface area contributed by atoms with Crippen molar-refractivity contribution in [3.63, 3.8) is 0 Å². The third-order valence-corrected chi connectivity index (χ3v) is 4.55. The predicted octanol–water partition coefficient (Wildman–Crippen LogP) is 0.527. The topological polar surface area (TPSA) is 100 Å². The van der Waals surface area contributed by atoms with Gasteiger partial charge in [0.05, 0.1) is 10.9 Å². The maximum atomic E-state index is 12.3. The van der Waals surface area contributed by atoms with Crippen LogP contribution in [0.4, 0.5) is 0 Å². The van der Waals surface area contributed by atoms with E-state index in [2.05, 4.69) is 15.3 Å². The van der Waals surface area contributed by atoms with Crippen LogP contribution in [0.2, 0.25) is 5.02 Å². The first-order valence-electron chi connectivity index (χ1n) is 8.00. The largest absolute Gasteiger partial charge is 0.361 e. The van der Waals surface area contributed by atoms with Gasteiger partial charge in [0.25, 0.3) is 11.8 Å². The second-order valence-corrected chi connectivity index (χ2v) is 6.44. The van der Waals surface area contributed by atoms with Crippen molar-refractivity contribution in [2.45, 2.75) is 20.3 Å². The molecule has 0 saturated heterocycles. The minimum atomic E-state index is -0.266. The van der Waals surface area contributed by atoms with Crippen LogP contribution >= 0.6 is 11.6 Å². The van der Waals surface area contributed by atoms with E-state index in [1.165, 1.54) is 0 Å². The second kappa shape index (κ2) is 6.82. The number of nitrogens with one attached hydrogen (secondary N) is 2. The Morgan fingerprint density at radius 1 is 1.36 bits per heavy atom. The van der Waals surface area contributed by atoms with Crippen LogP contribution in [0.25, 0.3) is 5.57 Å². The van der Waals surface area contributed by atoms with Crippen LogP contribution in [0.1, 0.15) is 27.3 Å². The molecule has 4 N–H and O–H groups in total. The normalized spacial score (nSPS) is 13.0. The summed E-state index contributed by atoms with van der Waals surface area (Å²) in [5.74, 6) is -0.433. The Morgan fingerprint density at radius 2 is 2.12 bits per heavy atom. The highest BCUT2D eigenvalue weighted by Gasteiger charge is 2.22. The first kappa shape index (κ1) is 17.4. The van der Waals surface area contributed by atoms with E-state index < -0.39 is 0 Å². The van der Waals surface area contributed by atoms with Crippen LogP contribution < -0.4 is 21.6 Å². The molecule has 7 heteroatoms. The van der Waals surface area contributed by atoms with E-state index in [-0.39, 0.29) is 11.8 Å². The second-order valence-electron chi connectivity index (χ2n) is 6.01. The number of nitrogens with zero attached hydrogens (tertiary/aromatic N) is 1. The molecular formula is C18H19ClN4O2. The summed E-state index contributed by atoms with van der Waals surface area (Å²) in [7, 11) is 0. The molecule has 0 radical (unpaired) electrons. The molecule has 2 aromatic rings. The number of nitrogens with two attached hydrogens (primary N) is 1. The maximum absolute atomic E-state index is 12.3. The average molecular weight is 359 g/mol. The summed E-state index contributed by atoms with van der Waals surface area (Å²) in [5, 5.41) is 4.71. The van der Waals surface area contributed by atoms with Gasteiger partial charge in [-0.1, -0.05) is 11.6 Å². The average Bonchev–Trinajstić information content (AvgIpc) is 3.02. The number of carbonyl (C=O) groups is 2. The number of aryl methyl sites for hydroxylation is 1. The van der Waals surface area contributed by atoms with Gasteiger partial charge in [0, 0.05) is 46.7 Å². The highest BCUT2D eigenvalue weighted by atomic mass is 35.5. The number of hydrogen-bond acceptors (Lipinski definition) is 3. The minimum absolute atomic E-state index is 0.168. The lowest BCUT2D eigenvalue weighted by Crippen LogP contribution is -2.29. The fourth-order valence-electron chi connectivity index (χ4n) is 3.09. The minimum Gasteiger partial charge on any atom is -0.361 e. The van der Waals surface area contributed by atoms with Gasteiger partial charge in [0.15, 0.2) is 0 Å². The maximum Gasteiger partial charge on any atom is 0.274 e. The Balaban J connectivity index is 2.00. The van der Waals surface area contributed by atoms with Crippen molar-refractivity contribution in [1.82, 2.24) is 10.3 Å². The van der Waals surface area contributed by atoms with Crippen LogP contribution in [0, 0.1) is 13.8 Å². The first-order valence-corrected chi connectivity index (χ1v) is 8.38. The summed E-state index contributed by atoms with van der Waals surface area (Å²) < 4.78 is 0. The number of hydrogen-bond donors (Lipinski definition) is 3. The zero-order valence-corrected chi connectivity index (χ0v) is 14.8. The first-order chi connectivity index (χ1) is 11.9. The highest BCUT2D eigenvalue weighted by Crippen LogP contribution is 2.21. The summed E-state index contributed by atoms with van der Waals surface area (Å²) in [4.78, 5) is 31.9. The molecule has 0 atom stereocenters. The molecule has 0 unspecified atom stereocenters. The molecule has 2 amide bonds. The van der Waals surface area contributed by atoms with E-state index in [1.54, 1.807) is 18.2 Å². The van der Waals surface area contributed by atoms with Crippen molar-refractivity contribution >= 4 is 29.0 Å². The van der Waals surface area contributed by atoms with Crippen molar-refractivity contribution in [2.75, 3.05) is 13.1 Å². The summed E-state index contributed by atoms with van der Waals surface area (Å²) in [6, 6.07) is 5.20. The lowest BCUT2D eigenvalue weighted by molar-refractivity contribution is -0.112. The molecule has 25 heavy (non-hydrogen) atoms. The molecule has 0 spiro atoms. The molecule has 6 nitrogen and oxygen atoms in total. The molecule has 3 rings (SSSR count). The molecule has 1 aliphatic heterocycles. The Kier molecular flexibility index (Phi) is 4.74. The number of aromatic nitrogens is 1.